The number of nitrogens with zero attached hydrogens (tertiary/aromatic N) is 1. The minimum absolute atomic E-state index is 0.318. The van der Waals surface area contributed by atoms with Gasteiger partial charge in [-0.2, -0.15) is 5.10 Å². The van der Waals surface area contributed by atoms with Gasteiger partial charge in [0.2, 0.25) is 0 Å². The van der Waals surface area contributed by atoms with Crippen molar-refractivity contribution in [2.24, 2.45) is 0 Å². The zero-order valence-electron chi connectivity index (χ0n) is 17.9. The second kappa shape index (κ2) is 10.3. The van der Waals surface area contributed by atoms with Crippen molar-refractivity contribution < 1.29 is 19.1 Å². The number of aryl methyl sites for hydroxylation is 1. The summed E-state index contributed by atoms with van der Waals surface area (Å²) in [6.45, 7) is 5.35. The van der Waals surface area contributed by atoms with Crippen molar-refractivity contribution in [3.05, 3.63) is 52.6 Å². The topological polar surface area (TPSA) is 148 Å². The molecule has 0 atom stereocenters. The summed E-state index contributed by atoms with van der Waals surface area (Å²) in [5, 5.41) is 11.6. The van der Waals surface area contributed by atoms with Crippen molar-refractivity contribution in [1.82, 2.24) is 15.5 Å². The number of rotatable bonds is 6. The normalized spacial score (nSPS) is 11.2. The first-order valence-corrected chi connectivity index (χ1v) is 9.57. The molecule has 10 heteroatoms. The first-order chi connectivity index (χ1) is 14.6. The van der Waals surface area contributed by atoms with Gasteiger partial charge in [-0.05, 0) is 51.8 Å². The number of ether oxygens (including phenoxy) is 2. The van der Waals surface area contributed by atoms with Crippen molar-refractivity contribution in [2.45, 2.75) is 39.2 Å². The van der Waals surface area contributed by atoms with Crippen LogP contribution in [0, 0.1) is 0 Å². The summed E-state index contributed by atoms with van der Waals surface area (Å²) in [5.74, 6) is 0. The summed E-state index contributed by atoms with van der Waals surface area (Å²) >= 11 is 0. The number of anilines is 2. The van der Waals surface area contributed by atoms with E-state index in [1.807, 2.05) is 0 Å². The lowest BCUT2D eigenvalue weighted by Crippen LogP contribution is -2.29. The molecule has 0 fully saturated rings. The average Bonchev–Trinajstić information content (AvgIpc) is 2.68. The minimum Gasteiger partial charge on any atom is -0.453 e. The molecule has 10 nitrogen and oxygen atoms in total. The van der Waals surface area contributed by atoms with E-state index in [2.05, 4.69) is 25.6 Å². The summed E-state index contributed by atoms with van der Waals surface area (Å²) in [5.41, 5.74) is 7.41. The second-order valence-electron chi connectivity index (χ2n) is 7.61. The van der Waals surface area contributed by atoms with Gasteiger partial charge in [0, 0.05) is 23.1 Å². The Balaban J connectivity index is 2.04. The molecule has 0 aliphatic rings. The van der Waals surface area contributed by atoms with E-state index in [0.717, 1.165) is 0 Å². The highest BCUT2D eigenvalue weighted by atomic mass is 16.6. The lowest BCUT2D eigenvalue weighted by molar-refractivity contribution is 0.0552. The van der Waals surface area contributed by atoms with Crippen molar-refractivity contribution in [3.8, 4) is 11.1 Å². The van der Waals surface area contributed by atoms with Crippen molar-refractivity contribution >= 4 is 23.6 Å². The molecule has 0 saturated heterocycles. The summed E-state index contributed by atoms with van der Waals surface area (Å²) in [6.07, 6.45) is 3.22. The third-order valence-corrected chi connectivity index (χ3v) is 3.92. The molecule has 2 amide bonds. The number of alkyl carbamates (subject to hydrolysis) is 1. The molecule has 31 heavy (non-hydrogen) atoms. The quantitative estimate of drug-likeness (QED) is 0.515. The van der Waals surface area contributed by atoms with Crippen LogP contribution in [0.5, 0.6) is 0 Å². The summed E-state index contributed by atoms with van der Waals surface area (Å²) in [6, 6.07) is 6.46. The van der Waals surface area contributed by atoms with Crippen molar-refractivity contribution in [1.29, 1.82) is 0 Å². The first kappa shape index (κ1) is 23.5. The third-order valence-electron chi connectivity index (χ3n) is 3.92. The van der Waals surface area contributed by atoms with Gasteiger partial charge in [0.05, 0.1) is 18.4 Å². The standard InChI is InChI=1S/C21H27N5O5/c1-21(2,3)31-19(28)23-10-6-5-7-14-11-16(18(27)26-25-14)15-9-8-13(12-17(15)22)24-20(29)30-4/h6,8-12H,5,7,22H2,1-4H3,(H,23,28)(H,24,29)(H,26,27). The van der Waals surface area contributed by atoms with Crippen LogP contribution in [0.4, 0.5) is 21.0 Å². The monoisotopic (exact) mass is 429 g/mol. The number of nitrogen functional groups attached to an aromatic ring is 1. The Morgan fingerprint density at radius 2 is 1.94 bits per heavy atom. The smallest absolute Gasteiger partial charge is 0.411 e. The van der Waals surface area contributed by atoms with Crippen molar-refractivity contribution in [3.63, 3.8) is 0 Å². The van der Waals surface area contributed by atoms with Crippen molar-refractivity contribution in [2.75, 3.05) is 18.2 Å². The number of nitrogens with one attached hydrogen (secondary N) is 3. The van der Waals surface area contributed by atoms with Crippen LogP contribution in [0.3, 0.4) is 0 Å². The largest absolute Gasteiger partial charge is 0.453 e. The Morgan fingerprint density at radius 3 is 2.58 bits per heavy atom. The van der Waals surface area contributed by atoms with Crippen LogP contribution in [0.25, 0.3) is 11.1 Å². The number of methoxy groups -OCH3 is 1. The molecular formula is C21H27N5O5. The fraction of sp³-hybridized carbons (Fsp3) is 0.333. The maximum atomic E-state index is 12.3. The average molecular weight is 429 g/mol. The molecule has 1 aromatic heterocycles. The fourth-order valence-corrected chi connectivity index (χ4v) is 2.58. The highest BCUT2D eigenvalue weighted by molar-refractivity contribution is 5.87. The Kier molecular flexibility index (Phi) is 7.78. The Hall–Kier alpha value is -3.82. The van der Waals surface area contributed by atoms with Crippen LogP contribution in [-0.2, 0) is 15.9 Å². The fourth-order valence-electron chi connectivity index (χ4n) is 2.58. The number of hydrogen-bond donors (Lipinski definition) is 4. The lowest BCUT2D eigenvalue weighted by Gasteiger charge is -2.18. The third kappa shape index (κ3) is 7.50. The molecule has 166 valence electrons. The van der Waals surface area contributed by atoms with E-state index in [9.17, 15) is 14.4 Å². The zero-order chi connectivity index (χ0) is 23.0. The van der Waals surface area contributed by atoms with E-state index in [4.69, 9.17) is 10.5 Å². The minimum atomic E-state index is -0.620. The number of hydrogen-bond acceptors (Lipinski definition) is 7. The number of allylic oxidation sites excluding steroid dienone is 1. The van der Waals surface area contributed by atoms with Gasteiger partial charge in [-0.25, -0.2) is 14.7 Å². The number of benzene rings is 1. The molecule has 1 aromatic carbocycles. The zero-order valence-corrected chi connectivity index (χ0v) is 17.9. The molecular weight excluding hydrogens is 402 g/mol. The molecule has 5 N–H and O–H groups in total. The summed E-state index contributed by atoms with van der Waals surface area (Å²) < 4.78 is 9.68. The molecule has 2 rings (SSSR count). The maximum absolute atomic E-state index is 12.3. The Morgan fingerprint density at radius 1 is 1.19 bits per heavy atom. The SMILES string of the molecule is COC(=O)Nc1ccc(-c2cc(CCC=CNC(=O)OC(C)(C)C)n[nH]c2=O)c(N)c1. The second-order valence-corrected chi connectivity index (χ2v) is 7.61. The van der Waals surface area contributed by atoms with Gasteiger partial charge < -0.3 is 15.2 Å². The Labute approximate surface area is 179 Å². The van der Waals surface area contributed by atoms with Gasteiger partial charge in [-0.15, -0.1) is 0 Å². The number of aromatic amines is 1. The number of carbonyl (C=O) groups excluding carboxylic acids is 2. The summed E-state index contributed by atoms with van der Waals surface area (Å²) in [4.78, 5) is 35.2. The molecule has 0 aliphatic heterocycles. The number of carbonyl (C=O) groups is 2. The van der Waals surface area contributed by atoms with Gasteiger partial charge in [0.25, 0.3) is 5.56 Å². The van der Waals surface area contributed by atoms with E-state index < -0.39 is 17.8 Å². The van der Waals surface area contributed by atoms with Gasteiger partial charge in [0.1, 0.15) is 5.60 Å². The van der Waals surface area contributed by atoms with Crippen LogP contribution in [-0.4, -0.2) is 35.1 Å². The van der Waals surface area contributed by atoms with E-state index >= 15 is 0 Å². The molecule has 0 bridgehead atoms. The molecule has 1 heterocycles. The van der Waals surface area contributed by atoms with E-state index in [0.29, 0.717) is 41.0 Å². The highest BCUT2D eigenvalue weighted by Crippen LogP contribution is 2.26. The van der Waals surface area contributed by atoms with Crippen LogP contribution in [0.2, 0.25) is 0 Å². The van der Waals surface area contributed by atoms with E-state index in [-0.39, 0.29) is 5.56 Å². The highest BCUT2D eigenvalue weighted by Gasteiger charge is 2.15. The van der Waals surface area contributed by atoms with Gasteiger partial charge in [-0.1, -0.05) is 12.1 Å². The maximum Gasteiger partial charge on any atom is 0.411 e. The summed E-state index contributed by atoms with van der Waals surface area (Å²) in [7, 11) is 1.26. The molecule has 0 aliphatic carbocycles. The molecule has 0 spiro atoms. The molecule has 0 radical (unpaired) electrons. The van der Waals surface area contributed by atoms with Gasteiger partial charge in [-0.3, -0.25) is 15.4 Å². The van der Waals surface area contributed by atoms with Crippen LogP contribution in [0.1, 0.15) is 32.9 Å². The molecule has 0 saturated carbocycles. The van der Waals surface area contributed by atoms with Gasteiger partial charge in [0.15, 0.2) is 0 Å². The predicted molar refractivity (Wildman–Crippen MR) is 118 cm³/mol. The predicted octanol–water partition coefficient (Wildman–Crippen LogP) is 3.17. The van der Waals surface area contributed by atoms with Crippen LogP contribution < -0.4 is 21.9 Å². The first-order valence-electron chi connectivity index (χ1n) is 9.57. The van der Waals surface area contributed by atoms with Crippen LogP contribution >= 0.6 is 0 Å². The number of amides is 2. The molecule has 0 unspecified atom stereocenters. The van der Waals surface area contributed by atoms with E-state index in [1.54, 1.807) is 45.0 Å². The van der Waals surface area contributed by atoms with Gasteiger partial charge >= 0.3 is 12.2 Å². The van der Waals surface area contributed by atoms with E-state index in [1.165, 1.54) is 19.4 Å². The van der Waals surface area contributed by atoms with Crippen LogP contribution in [0.15, 0.2) is 41.3 Å². The Bertz CT molecular complexity index is 1020. The number of aromatic nitrogens is 2. The lowest BCUT2D eigenvalue weighted by atomic mass is 10.0. The molecule has 2 aromatic rings. The number of nitrogens with two attached hydrogens (primary N) is 1. The number of H-pyrrole nitrogens is 1.